The first-order valence-electron chi connectivity index (χ1n) is 6.92. The molecule has 0 saturated carbocycles. The molecule has 0 saturated heterocycles. The number of fused-ring (bicyclic) bond motifs is 2. The predicted molar refractivity (Wildman–Crippen MR) is 76.1 cm³/mol. The normalized spacial score (nSPS) is 14.6. The zero-order valence-corrected chi connectivity index (χ0v) is 11.3. The molecule has 4 heteroatoms. The van der Waals surface area contributed by atoms with Gasteiger partial charge >= 0.3 is 0 Å². The fraction of sp³-hybridized carbons (Fsp3) is 0.467. The fourth-order valence-electron chi connectivity index (χ4n) is 2.88. The van der Waals surface area contributed by atoms with Gasteiger partial charge in [0.05, 0.1) is 11.0 Å². The van der Waals surface area contributed by atoms with Gasteiger partial charge < -0.3 is 10.3 Å². The van der Waals surface area contributed by atoms with E-state index < -0.39 is 0 Å². The van der Waals surface area contributed by atoms with Crippen molar-refractivity contribution in [1.82, 2.24) is 9.55 Å². The molecule has 1 aromatic heterocycles. The number of nitrogen functional groups attached to an aromatic ring is 1. The lowest BCUT2D eigenvalue weighted by Gasteiger charge is -2.15. The monoisotopic (exact) mass is 257 g/mol. The first kappa shape index (κ1) is 12.2. The molecule has 0 aliphatic heterocycles. The Hall–Kier alpha value is -1.84. The Morgan fingerprint density at radius 2 is 2.00 bits per heavy atom. The molecule has 2 aromatic rings. The van der Waals surface area contributed by atoms with Crippen molar-refractivity contribution in [3.8, 4) is 0 Å². The number of nitrogens with two attached hydrogens (primary N) is 1. The summed E-state index contributed by atoms with van der Waals surface area (Å²) in [5, 5.41) is 0. The minimum absolute atomic E-state index is 0.180. The van der Waals surface area contributed by atoms with Crippen molar-refractivity contribution in [2.24, 2.45) is 0 Å². The van der Waals surface area contributed by atoms with Crippen molar-refractivity contribution >= 4 is 22.8 Å². The molecule has 0 amide bonds. The van der Waals surface area contributed by atoms with E-state index in [1.54, 1.807) is 6.92 Å². The Morgan fingerprint density at radius 3 is 2.68 bits per heavy atom. The first-order chi connectivity index (χ1) is 9.15. The SMILES string of the molecule is CC(=O)CCn1c(N)nc2cc3c(cc21)CCCC3. The Labute approximate surface area is 112 Å². The number of benzene rings is 1. The van der Waals surface area contributed by atoms with E-state index in [-0.39, 0.29) is 5.78 Å². The molecular weight excluding hydrogens is 238 g/mol. The smallest absolute Gasteiger partial charge is 0.201 e. The van der Waals surface area contributed by atoms with Crippen LogP contribution in [0.5, 0.6) is 0 Å². The lowest BCUT2D eigenvalue weighted by molar-refractivity contribution is -0.117. The van der Waals surface area contributed by atoms with Crippen molar-refractivity contribution < 1.29 is 4.79 Å². The summed E-state index contributed by atoms with van der Waals surface area (Å²) in [6.45, 7) is 2.23. The van der Waals surface area contributed by atoms with Crippen LogP contribution in [0, 0.1) is 0 Å². The summed E-state index contributed by atoms with van der Waals surface area (Å²) < 4.78 is 1.96. The second kappa shape index (κ2) is 4.68. The lowest BCUT2D eigenvalue weighted by atomic mass is 9.91. The molecule has 0 radical (unpaired) electrons. The average Bonchev–Trinajstić information content (AvgIpc) is 2.68. The third-order valence-corrected chi connectivity index (χ3v) is 3.93. The molecule has 0 atom stereocenters. The highest BCUT2D eigenvalue weighted by Crippen LogP contribution is 2.28. The molecule has 0 spiro atoms. The Morgan fingerprint density at radius 1 is 1.32 bits per heavy atom. The van der Waals surface area contributed by atoms with E-state index in [4.69, 9.17) is 5.73 Å². The van der Waals surface area contributed by atoms with Crippen molar-refractivity contribution in [3.63, 3.8) is 0 Å². The highest BCUT2D eigenvalue weighted by atomic mass is 16.1. The first-order valence-corrected chi connectivity index (χ1v) is 6.92. The van der Waals surface area contributed by atoms with Crippen LogP contribution in [0.25, 0.3) is 11.0 Å². The summed E-state index contributed by atoms with van der Waals surface area (Å²) in [5.41, 5.74) is 10.8. The molecule has 1 aliphatic rings. The standard InChI is InChI=1S/C15H19N3O/c1-10(19)6-7-18-14-9-12-5-3-2-4-11(12)8-13(14)17-15(18)16/h8-9H,2-7H2,1H3,(H2,16,17). The van der Waals surface area contributed by atoms with Gasteiger partial charge in [-0.05, 0) is 55.9 Å². The Balaban J connectivity index is 2.06. The summed E-state index contributed by atoms with van der Waals surface area (Å²) in [6.07, 6.45) is 5.32. The van der Waals surface area contributed by atoms with Gasteiger partial charge in [-0.1, -0.05) is 0 Å². The molecule has 0 bridgehead atoms. The van der Waals surface area contributed by atoms with Crippen LogP contribution in [-0.2, 0) is 24.2 Å². The summed E-state index contributed by atoms with van der Waals surface area (Å²) >= 11 is 0. The second-order valence-electron chi connectivity index (χ2n) is 5.39. The number of Topliss-reactive ketones (excluding diaryl/α,β-unsaturated/α-hetero) is 1. The van der Waals surface area contributed by atoms with Crippen LogP contribution < -0.4 is 5.73 Å². The van der Waals surface area contributed by atoms with Crippen LogP contribution in [0.1, 0.15) is 37.3 Å². The molecule has 1 aliphatic carbocycles. The maximum Gasteiger partial charge on any atom is 0.201 e. The van der Waals surface area contributed by atoms with Crippen molar-refractivity contribution in [3.05, 3.63) is 23.3 Å². The van der Waals surface area contributed by atoms with Crippen LogP contribution in [0.4, 0.5) is 5.95 Å². The highest BCUT2D eigenvalue weighted by Gasteiger charge is 2.15. The average molecular weight is 257 g/mol. The van der Waals surface area contributed by atoms with Crippen LogP contribution in [0.15, 0.2) is 12.1 Å². The van der Waals surface area contributed by atoms with Crippen LogP contribution in [0.2, 0.25) is 0 Å². The van der Waals surface area contributed by atoms with E-state index >= 15 is 0 Å². The maximum atomic E-state index is 11.1. The van der Waals surface area contributed by atoms with E-state index in [9.17, 15) is 4.79 Å². The van der Waals surface area contributed by atoms with Crippen LogP contribution in [-0.4, -0.2) is 15.3 Å². The third kappa shape index (κ3) is 2.23. The summed E-state index contributed by atoms with van der Waals surface area (Å²) in [6, 6.07) is 4.39. The van der Waals surface area contributed by atoms with E-state index in [1.165, 1.54) is 24.0 Å². The summed E-state index contributed by atoms with van der Waals surface area (Å²) in [7, 11) is 0. The number of anilines is 1. The van der Waals surface area contributed by atoms with Gasteiger partial charge in [-0.15, -0.1) is 0 Å². The number of hydrogen-bond donors (Lipinski definition) is 1. The van der Waals surface area contributed by atoms with Gasteiger partial charge in [-0.2, -0.15) is 0 Å². The lowest BCUT2D eigenvalue weighted by Crippen LogP contribution is -2.07. The van der Waals surface area contributed by atoms with Crippen molar-refractivity contribution in [2.75, 3.05) is 5.73 Å². The number of imidazole rings is 1. The maximum absolute atomic E-state index is 11.1. The van der Waals surface area contributed by atoms with Gasteiger partial charge in [-0.25, -0.2) is 4.98 Å². The number of hydrogen-bond acceptors (Lipinski definition) is 3. The largest absolute Gasteiger partial charge is 0.369 e. The van der Waals surface area contributed by atoms with Crippen molar-refractivity contribution in [1.29, 1.82) is 0 Å². The Bertz CT molecular complexity index is 642. The van der Waals surface area contributed by atoms with Gasteiger partial charge in [0.1, 0.15) is 5.78 Å². The molecule has 2 N–H and O–H groups in total. The van der Waals surface area contributed by atoms with Crippen molar-refractivity contribution in [2.45, 2.75) is 45.6 Å². The number of carbonyl (C=O) groups is 1. The van der Waals surface area contributed by atoms with Gasteiger partial charge in [0.15, 0.2) is 0 Å². The predicted octanol–water partition coefficient (Wildman–Crippen LogP) is 2.48. The molecule has 0 fully saturated rings. The fourth-order valence-corrected chi connectivity index (χ4v) is 2.88. The van der Waals surface area contributed by atoms with E-state index in [0.717, 1.165) is 23.9 Å². The number of ketones is 1. The minimum atomic E-state index is 0.180. The number of nitrogens with zero attached hydrogens (tertiary/aromatic N) is 2. The van der Waals surface area contributed by atoms with Crippen LogP contribution >= 0.6 is 0 Å². The molecule has 4 nitrogen and oxygen atoms in total. The third-order valence-electron chi connectivity index (χ3n) is 3.93. The van der Waals surface area contributed by atoms with E-state index in [1.807, 2.05) is 4.57 Å². The van der Waals surface area contributed by atoms with Gasteiger partial charge in [0.2, 0.25) is 5.95 Å². The highest BCUT2D eigenvalue weighted by molar-refractivity contribution is 5.81. The molecule has 0 unspecified atom stereocenters. The number of aryl methyl sites for hydroxylation is 3. The Kier molecular flexibility index (Phi) is 3.01. The molecular formula is C15H19N3O. The molecule has 1 aromatic carbocycles. The van der Waals surface area contributed by atoms with Gasteiger partial charge in [-0.3, -0.25) is 4.79 Å². The zero-order valence-electron chi connectivity index (χ0n) is 11.3. The van der Waals surface area contributed by atoms with E-state index in [2.05, 4.69) is 17.1 Å². The van der Waals surface area contributed by atoms with E-state index in [0.29, 0.717) is 18.9 Å². The second-order valence-corrected chi connectivity index (χ2v) is 5.39. The zero-order chi connectivity index (χ0) is 13.4. The number of aromatic nitrogens is 2. The molecule has 1 heterocycles. The van der Waals surface area contributed by atoms with Gasteiger partial charge in [0.25, 0.3) is 0 Å². The molecule has 3 rings (SSSR count). The number of rotatable bonds is 3. The summed E-state index contributed by atoms with van der Waals surface area (Å²) in [5.74, 6) is 0.692. The quantitative estimate of drug-likeness (QED) is 0.918. The minimum Gasteiger partial charge on any atom is -0.369 e. The summed E-state index contributed by atoms with van der Waals surface area (Å²) in [4.78, 5) is 15.6. The van der Waals surface area contributed by atoms with Crippen LogP contribution in [0.3, 0.4) is 0 Å². The molecule has 19 heavy (non-hydrogen) atoms. The number of carbonyl (C=O) groups excluding carboxylic acids is 1. The molecule has 100 valence electrons. The topological polar surface area (TPSA) is 60.9 Å². The van der Waals surface area contributed by atoms with Gasteiger partial charge in [0, 0.05) is 13.0 Å².